The van der Waals surface area contributed by atoms with Crippen LogP contribution >= 0.6 is 12.6 Å². The van der Waals surface area contributed by atoms with E-state index in [4.69, 9.17) is 5.73 Å². The van der Waals surface area contributed by atoms with Gasteiger partial charge in [-0.15, -0.1) is 12.6 Å². The van der Waals surface area contributed by atoms with Crippen LogP contribution in [0.5, 0.6) is 0 Å². The van der Waals surface area contributed by atoms with Crippen molar-refractivity contribution < 1.29 is 0 Å². The molecule has 0 spiro atoms. The molecule has 1 nitrogen and oxygen atoms in total. The van der Waals surface area contributed by atoms with Gasteiger partial charge in [0.05, 0.1) is 0 Å². The van der Waals surface area contributed by atoms with Crippen molar-refractivity contribution in [3.63, 3.8) is 0 Å². The SMILES string of the molecule is CC(N)c1ccc(S)cc1. The van der Waals surface area contributed by atoms with Crippen molar-refractivity contribution in [1.82, 2.24) is 0 Å². The predicted molar refractivity (Wildman–Crippen MR) is 46.3 cm³/mol. The lowest BCUT2D eigenvalue weighted by molar-refractivity contribution is 0.817. The van der Waals surface area contributed by atoms with Crippen LogP contribution < -0.4 is 5.73 Å². The minimum Gasteiger partial charge on any atom is -0.324 e. The fraction of sp³-hybridized carbons (Fsp3) is 0.250. The summed E-state index contributed by atoms with van der Waals surface area (Å²) in [7, 11) is 0. The number of hydrogen-bond donors (Lipinski definition) is 2. The monoisotopic (exact) mass is 153 g/mol. The van der Waals surface area contributed by atoms with Crippen molar-refractivity contribution in [1.29, 1.82) is 0 Å². The number of nitrogens with two attached hydrogens (primary N) is 1. The summed E-state index contributed by atoms with van der Waals surface area (Å²) in [5, 5.41) is 0. The van der Waals surface area contributed by atoms with Gasteiger partial charge in [0.25, 0.3) is 0 Å². The van der Waals surface area contributed by atoms with Crippen LogP contribution in [0.4, 0.5) is 0 Å². The van der Waals surface area contributed by atoms with Gasteiger partial charge in [-0.3, -0.25) is 0 Å². The van der Waals surface area contributed by atoms with Crippen LogP contribution in [-0.2, 0) is 0 Å². The van der Waals surface area contributed by atoms with E-state index in [0.29, 0.717) is 0 Å². The molecule has 0 aliphatic heterocycles. The Labute approximate surface area is 66.7 Å². The van der Waals surface area contributed by atoms with E-state index >= 15 is 0 Å². The van der Waals surface area contributed by atoms with Crippen molar-refractivity contribution in [3.8, 4) is 0 Å². The van der Waals surface area contributed by atoms with Gasteiger partial charge in [0.1, 0.15) is 0 Å². The summed E-state index contributed by atoms with van der Waals surface area (Å²) in [4.78, 5) is 0.976. The van der Waals surface area contributed by atoms with Crippen LogP contribution in [0.15, 0.2) is 29.2 Å². The van der Waals surface area contributed by atoms with Crippen LogP contribution in [0.2, 0.25) is 0 Å². The van der Waals surface area contributed by atoms with E-state index in [9.17, 15) is 0 Å². The van der Waals surface area contributed by atoms with Crippen molar-refractivity contribution >= 4 is 12.6 Å². The molecule has 2 N–H and O–H groups in total. The van der Waals surface area contributed by atoms with Crippen LogP contribution in [0.1, 0.15) is 18.5 Å². The molecule has 54 valence electrons. The molecule has 0 saturated carbocycles. The third-order valence-electron chi connectivity index (χ3n) is 1.42. The van der Waals surface area contributed by atoms with E-state index < -0.39 is 0 Å². The van der Waals surface area contributed by atoms with Crippen molar-refractivity contribution in [2.45, 2.75) is 17.9 Å². The molecule has 0 amide bonds. The molecule has 0 heterocycles. The maximum Gasteiger partial charge on any atom is 0.0266 e. The Morgan fingerprint density at radius 1 is 1.30 bits per heavy atom. The fourth-order valence-corrected chi connectivity index (χ4v) is 0.927. The second-order valence-corrected chi connectivity index (χ2v) is 2.90. The second kappa shape index (κ2) is 3.08. The van der Waals surface area contributed by atoms with Crippen molar-refractivity contribution in [2.24, 2.45) is 5.73 Å². The first-order chi connectivity index (χ1) is 4.70. The molecule has 0 bridgehead atoms. The molecule has 1 atom stereocenters. The summed E-state index contributed by atoms with van der Waals surface area (Å²) in [6.07, 6.45) is 0. The third-order valence-corrected chi connectivity index (χ3v) is 1.72. The molecular formula is C8H11NS. The average molecular weight is 153 g/mol. The molecule has 1 rings (SSSR count). The van der Waals surface area contributed by atoms with E-state index in [1.807, 2.05) is 31.2 Å². The summed E-state index contributed by atoms with van der Waals surface area (Å²) in [5.41, 5.74) is 6.79. The molecular weight excluding hydrogens is 142 g/mol. The van der Waals surface area contributed by atoms with Gasteiger partial charge in [0, 0.05) is 10.9 Å². The Morgan fingerprint density at radius 3 is 2.20 bits per heavy atom. The molecule has 1 aromatic rings. The number of hydrogen-bond acceptors (Lipinski definition) is 2. The zero-order chi connectivity index (χ0) is 7.56. The number of benzene rings is 1. The van der Waals surface area contributed by atoms with E-state index in [-0.39, 0.29) is 6.04 Å². The first-order valence-electron chi connectivity index (χ1n) is 3.24. The van der Waals surface area contributed by atoms with Gasteiger partial charge in [-0.1, -0.05) is 12.1 Å². The summed E-state index contributed by atoms with van der Waals surface area (Å²) in [5.74, 6) is 0. The smallest absolute Gasteiger partial charge is 0.0266 e. The van der Waals surface area contributed by atoms with E-state index in [0.717, 1.165) is 10.5 Å². The molecule has 0 aliphatic rings. The van der Waals surface area contributed by atoms with Crippen LogP contribution in [0, 0.1) is 0 Å². The Bertz CT molecular complexity index is 203. The van der Waals surface area contributed by atoms with Gasteiger partial charge in [-0.2, -0.15) is 0 Å². The van der Waals surface area contributed by atoms with Crippen LogP contribution in [-0.4, -0.2) is 0 Å². The lowest BCUT2D eigenvalue weighted by Gasteiger charge is -2.03. The normalized spacial score (nSPS) is 13.1. The van der Waals surface area contributed by atoms with Crippen LogP contribution in [0.25, 0.3) is 0 Å². The highest BCUT2D eigenvalue weighted by Crippen LogP contribution is 2.12. The first-order valence-corrected chi connectivity index (χ1v) is 3.69. The molecule has 0 fully saturated rings. The minimum absolute atomic E-state index is 0.119. The summed E-state index contributed by atoms with van der Waals surface area (Å²) in [6.45, 7) is 1.97. The topological polar surface area (TPSA) is 26.0 Å². The van der Waals surface area contributed by atoms with Gasteiger partial charge in [-0.05, 0) is 24.6 Å². The lowest BCUT2D eigenvalue weighted by Crippen LogP contribution is -2.03. The Kier molecular flexibility index (Phi) is 2.35. The molecule has 1 unspecified atom stereocenters. The standard InChI is InChI=1S/C8H11NS/c1-6(9)7-2-4-8(10)5-3-7/h2-6,10H,9H2,1H3. The molecule has 0 radical (unpaired) electrons. The molecule has 10 heavy (non-hydrogen) atoms. The summed E-state index contributed by atoms with van der Waals surface area (Å²) >= 11 is 4.16. The Morgan fingerprint density at radius 2 is 1.80 bits per heavy atom. The second-order valence-electron chi connectivity index (χ2n) is 2.38. The van der Waals surface area contributed by atoms with E-state index in [1.165, 1.54) is 0 Å². The summed E-state index contributed by atoms with van der Waals surface area (Å²) in [6, 6.07) is 8.00. The molecule has 0 aliphatic carbocycles. The highest BCUT2D eigenvalue weighted by Gasteiger charge is 1.95. The van der Waals surface area contributed by atoms with E-state index in [2.05, 4.69) is 12.6 Å². The predicted octanol–water partition coefficient (Wildman–Crippen LogP) is 2.00. The Balaban J connectivity index is 2.89. The van der Waals surface area contributed by atoms with Gasteiger partial charge < -0.3 is 5.73 Å². The minimum atomic E-state index is 0.119. The van der Waals surface area contributed by atoms with Gasteiger partial charge in [0.15, 0.2) is 0 Å². The Hall–Kier alpha value is -0.470. The maximum absolute atomic E-state index is 5.64. The highest BCUT2D eigenvalue weighted by molar-refractivity contribution is 7.80. The lowest BCUT2D eigenvalue weighted by atomic mass is 10.1. The summed E-state index contributed by atoms with van der Waals surface area (Å²) < 4.78 is 0. The number of rotatable bonds is 1. The maximum atomic E-state index is 5.64. The highest BCUT2D eigenvalue weighted by atomic mass is 32.1. The van der Waals surface area contributed by atoms with Crippen molar-refractivity contribution in [2.75, 3.05) is 0 Å². The quantitative estimate of drug-likeness (QED) is 0.593. The first kappa shape index (κ1) is 7.63. The molecule has 0 aromatic heterocycles. The molecule has 0 saturated heterocycles. The van der Waals surface area contributed by atoms with Gasteiger partial charge in [-0.25, -0.2) is 0 Å². The zero-order valence-electron chi connectivity index (χ0n) is 5.91. The van der Waals surface area contributed by atoms with Gasteiger partial charge >= 0.3 is 0 Å². The van der Waals surface area contributed by atoms with Crippen LogP contribution in [0.3, 0.4) is 0 Å². The average Bonchev–Trinajstić information content (AvgIpc) is 1.88. The molecule has 2 heteroatoms. The van der Waals surface area contributed by atoms with Gasteiger partial charge in [0.2, 0.25) is 0 Å². The zero-order valence-corrected chi connectivity index (χ0v) is 6.81. The van der Waals surface area contributed by atoms with Crippen molar-refractivity contribution in [3.05, 3.63) is 29.8 Å². The van der Waals surface area contributed by atoms with E-state index in [1.54, 1.807) is 0 Å². The fourth-order valence-electron chi connectivity index (χ4n) is 0.778. The molecule has 1 aromatic carbocycles. The largest absolute Gasteiger partial charge is 0.324 e. The number of thiol groups is 1. The third kappa shape index (κ3) is 1.75.